The fourth-order valence-electron chi connectivity index (χ4n) is 2.20. The van der Waals surface area contributed by atoms with Crippen LogP contribution in [0.15, 0.2) is 24.9 Å². The predicted octanol–water partition coefficient (Wildman–Crippen LogP) is 2.11. The number of rotatable bonds is 6. The molecule has 0 aliphatic carbocycles. The van der Waals surface area contributed by atoms with Gasteiger partial charge in [0.15, 0.2) is 11.5 Å². The number of H-pyrrole nitrogens is 1. The molecule has 0 aliphatic heterocycles. The quantitative estimate of drug-likeness (QED) is 0.799. The van der Waals surface area contributed by atoms with Crippen molar-refractivity contribution in [1.82, 2.24) is 10.3 Å². The molecule has 0 radical (unpaired) electrons. The average molecular weight is 290 g/mol. The summed E-state index contributed by atoms with van der Waals surface area (Å²) >= 11 is 0. The Bertz CT molecular complexity index is 676. The molecule has 0 saturated heterocycles. The molecule has 0 bridgehead atoms. The minimum absolute atomic E-state index is 0.216. The zero-order valence-corrected chi connectivity index (χ0v) is 12.3. The third-order valence-corrected chi connectivity index (χ3v) is 3.12. The standard InChI is InChI=1S/C15H18N2O4/c1-5-6-16-15(18)9-8-17-10-7-11(19-2)13(20-3)14(21-4)12(9)10/h5,7-8,17H,1,6H2,2-4H3,(H,16,18). The van der Waals surface area contributed by atoms with Crippen LogP contribution >= 0.6 is 0 Å². The number of aromatic amines is 1. The third kappa shape index (κ3) is 2.52. The topological polar surface area (TPSA) is 72.6 Å². The first-order chi connectivity index (χ1) is 10.2. The largest absolute Gasteiger partial charge is 0.493 e. The minimum atomic E-state index is -0.216. The Hall–Kier alpha value is -2.63. The van der Waals surface area contributed by atoms with Crippen molar-refractivity contribution in [2.45, 2.75) is 0 Å². The Morgan fingerprint density at radius 2 is 2.00 bits per heavy atom. The van der Waals surface area contributed by atoms with E-state index in [2.05, 4.69) is 16.9 Å². The van der Waals surface area contributed by atoms with Crippen LogP contribution in [-0.2, 0) is 0 Å². The highest BCUT2D eigenvalue weighted by Gasteiger charge is 2.22. The second kappa shape index (κ2) is 6.21. The lowest BCUT2D eigenvalue weighted by Crippen LogP contribution is -2.22. The van der Waals surface area contributed by atoms with E-state index in [1.54, 1.807) is 25.4 Å². The summed E-state index contributed by atoms with van der Waals surface area (Å²) in [5.74, 6) is 1.22. The molecule has 0 spiro atoms. The van der Waals surface area contributed by atoms with E-state index in [0.717, 1.165) is 5.52 Å². The van der Waals surface area contributed by atoms with E-state index in [1.165, 1.54) is 14.2 Å². The Balaban J connectivity index is 2.65. The number of benzene rings is 1. The normalized spacial score (nSPS) is 10.2. The fourth-order valence-corrected chi connectivity index (χ4v) is 2.20. The van der Waals surface area contributed by atoms with Gasteiger partial charge in [-0.25, -0.2) is 0 Å². The maximum Gasteiger partial charge on any atom is 0.253 e. The highest BCUT2D eigenvalue weighted by Crippen LogP contribution is 2.44. The molecule has 1 aromatic carbocycles. The summed E-state index contributed by atoms with van der Waals surface area (Å²) in [7, 11) is 4.59. The van der Waals surface area contributed by atoms with Gasteiger partial charge < -0.3 is 24.5 Å². The molecule has 1 amide bonds. The summed E-state index contributed by atoms with van der Waals surface area (Å²) in [6, 6.07) is 1.76. The fraction of sp³-hybridized carbons (Fsp3) is 0.267. The number of hydrogen-bond donors (Lipinski definition) is 2. The van der Waals surface area contributed by atoms with Gasteiger partial charge in [-0.1, -0.05) is 6.08 Å². The van der Waals surface area contributed by atoms with Crippen LogP contribution in [0.1, 0.15) is 10.4 Å². The second-order valence-corrected chi connectivity index (χ2v) is 4.27. The van der Waals surface area contributed by atoms with Crippen LogP contribution in [0, 0.1) is 0 Å². The number of nitrogens with one attached hydrogen (secondary N) is 2. The van der Waals surface area contributed by atoms with E-state index in [0.29, 0.717) is 34.7 Å². The lowest BCUT2D eigenvalue weighted by Gasteiger charge is -2.13. The van der Waals surface area contributed by atoms with Gasteiger partial charge in [0.1, 0.15) is 0 Å². The van der Waals surface area contributed by atoms with Gasteiger partial charge in [-0.15, -0.1) is 6.58 Å². The van der Waals surface area contributed by atoms with Crippen LogP contribution < -0.4 is 19.5 Å². The Kier molecular flexibility index (Phi) is 4.37. The van der Waals surface area contributed by atoms with Crippen molar-refractivity contribution in [3.05, 3.63) is 30.5 Å². The Morgan fingerprint density at radius 1 is 1.29 bits per heavy atom. The highest BCUT2D eigenvalue weighted by atomic mass is 16.5. The molecule has 1 aromatic heterocycles. The molecule has 21 heavy (non-hydrogen) atoms. The molecule has 1 heterocycles. The molecule has 6 heteroatoms. The number of carbonyl (C=O) groups is 1. The summed E-state index contributed by atoms with van der Waals surface area (Å²) in [5.41, 5.74) is 1.21. The summed E-state index contributed by atoms with van der Waals surface area (Å²) in [4.78, 5) is 15.2. The van der Waals surface area contributed by atoms with Crippen LogP contribution in [0.2, 0.25) is 0 Å². The van der Waals surface area contributed by atoms with Gasteiger partial charge in [0, 0.05) is 18.8 Å². The van der Waals surface area contributed by atoms with Gasteiger partial charge in [0.2, 0.25) is 5.75 Å². The van der Waals surface area contributed by atoms with Gasteiger partial charge in [-0.2, -0.15) is 0 Å². The van der Waals surface area contributed by atoms with E-state index in [-0.39, 0.29) is 5.91 Å². The number of methoxy groups -OCH3 is 3. The maximum absolute atomic E-state index is 12.2. The molecule has 0 atom stereocenters. The number of fused-ring (bicyclic) bond motifs is 1. The summed E-state index contributed by atoms with van der Waals surface area (Å²) in [6.07, 6.45) is 3.25. The van der Waals surface area contributed by atoms with Crippen molar-refractivity contribution in [3.63, 3.8) is 0 Å². The van der Waals surface area contributed by atoms with E-state index < -0.39 is 0 Å². The van der Waals surface area contributed by atoms with Crippen molar-refractivity contribution >= 4 is 16.8 Å². The Labute approximate surface area is 122 Å². The monoisotopic (exact) mass is 290 g/mol. The minimum Gasteiger partial charge on any atom is -0.493 e. The number of amides is 1. The smallest absolute Gasteiger partial charge is 0.253 e. The first-order valence-corrected chi connectivity index (χ1v) is 6.37. The van der Waals surface area contributed by atoms with Gasteiger partial charge >= 0.3 is 0 Å². The zero-order valence-electron chi connectivity index (χ0n) is 12.3. The number of carbonyl (C=O) groups excluding carboxylic acids is 1. The number of ether oxygens (including phenoxy) is 3. The lowest BCUT2D eigenvalue weighted by molar-refractivity contribution is 0.0959. The second-order valence-electron chi connectivity index (χ2n) is 4.27. The maximum atomic E-state index is 12.2. The van der Waals surface area contributed by atoms with Crippen LogP contribution in [-0.4, -0.2) is 38.8 Å². The molecule has 2 rings (SSSR count). The summed E-state index contributed by atoms with van der Waals surface area (Å²) in [6.45, 7) is 3.97. The zero-order chi connectivity index (χ0) is 15.4. The van der Waals surface area contributed by atoms with E-state index in [4.69, 9.17) is 14.2 Å². The van der Waals surface area contributed by atoms with E-state index in [1.807, 2.05) is 0 Å². The first-order valence-electron chi connectivity index (χ1n) is 6.37. The SMILES string of the molecule is C=CCNC(=O)c1c[nH]c2cc(OC)c(OC)c(OC)c12. The van der Waals surface area contributed by atoms with Crippen molar-refractivity contribution in [1.29, 1.82) is 0 Å². The lowest BCUT2D eigenvalue weighted by atomic mass is 10.1. The van der Waals surface area contributed by atoms with Gasteiger partial charge in [-0.3, -0.25) is 4.79 Å². The molecule has 6 nitrogen and oxygen atoms in total. The van der Waals surface area contributed by atoms with Crippen molar-refractivity contribution in [3.8, 4) is 17.2 Å². The molecular formula is C15H18N2O4. The van der Waals surface area contributed by atoms with Crippen LogP contribution in [0.4, 0.5) is 0 Å². The Morgan fingerprint density at radius 3 is 2.57 bits per heavy atom. The van der Waals surface area contributed by atoms with E-state index in [9.17, 15) is 4.79 Å². The van der Waals surface area contributed by atoms with Crippen LogP contribution in [0.25, 0.3) is 10.9 Å². The van der Waals surface area contributed by atoms with Gasteiger partial charge in [0.25, 0.3) is 5.91 Å². The molecule has 0 saturated carbocycles. The summed E-state index contributed by atoms with van der Waals surface area (Å²) in [5, 5.41) is 3.39. The third-order valence-electron chi connectivity index (χ3n) is 3.12. The molecule has 0 aliphatic rings. The van der Waals surface area contributed by atoms with Crippen LogP contribution in [0.3, 0.4) is 0 Å². The van der Waals surface area contributed by atoms with Crippen LogP contribution in [0.5, 0.6) is 17.2 Å². The van der Waals surface area contributed by atoms with E-state index >= 15 is 0 Å². The molecule has 112 valence electrons. The van der Waals surface area contributed by atoms with Crippen molar-refractivity contribution < 1.29 is 19.0 Å². The molecular weight excluding hydrogens is 272 g/mol. The molecule has 0 unspecified atom stereocenters. The molecule has 2 aromatic rings. The van der Waals surface area contributed by atoms with Crippen molar-refractivity contribution in [2.24, 2.45) is 0 Å². The number of hydrogen-bond acceptors (Lipinski definition) is 4. The number of aromatic nitrogens is 1. The highest BCUT2D eigenvalue weighted by molar-refractivity contribution is 6.10. The summed E-state index contributed by atoms with van der Waals surface area (Å²) < 4.78 is 16.0. The predicted molar refractivity (Wildman–Crippen MR) is 80.5 cm³/mol. The molecule has 2 N–H and O–H groups in total. The van der Waals surface area contributed by atoms with Crippen molar-refractivity contribution in [2.75, 3.05) is 27.9 Å². The van der Waals surface area contributed by atoms with Gasteiger partial charge in [-0.05, 0) is 0 Å². The molecule has 0 fully saturated rings. The average Bonchev–Trinajstić information content (AvgIpc) is 2.93. The first kappa shape index (κ1) is 14.8. The van der Waals surface area contributed by atoms with Gasteiger partial charge in [0.05, 0.1) is 37.8 Å².